The summed E-state index contributed by atoms with van der Waals surface area (Å²) in [4.78, 5) is 44.5. The van der Waals surface area contributed by atoms with Crippen molar-refractivity contribution in [1.82, 2.24) is 15.1 Å². The molecule has 192 valence electrons. The first-order valence-corrected chi connectivity index (χ1v) is 12.5. The van der Waals surface area contributed by atoms with Gasteiger partial charge in [-0.05, 0) is 49.6 Å². The van der Waals surface area contributed by atoms with Gasteiger partial charge in [0.2, 0.25) is 5.91 Å². The summed E-state index contributed by atoms with van der Waals surface area (Å²) in [6.45, 7) is 2.21. The first-order valence-electron chi connectivity index (χ1n) is 12.1. The first kappa shape index (κ1) is 25.8. The van der Waals surface area contributed by atoms with Crippen LogP contribution in [0.4, 0.5) is 16.2 Å². The molecule has 2 heterocycles. The van der Waals surface area contributed by atoms with Gasteiger partial charge in [0.25, 0.3) is 5.91 Å². The summed E-state index contributed by atoms with van der Waals surface area (Å²) in [6.07, 6.45) is 1.65. The van der Waals surface area contributed by atoms with Crippen LogP contribution in [-0.4, -0.2) is 79.7 Å². The summed E-state index contributed by atoms with van der Waals surface area (Å²) in [5.41, 5.74) is 0.744. The topological polar surface area (TPSA) is 94.2 Å². The summed E-state index contributed by atoms with van der Waals surface area (Å²) in [5, 5.41) is 6.28. The first-order chi connectivity index (χ1) is 17.4. The molecule has 2 fully saturated rings. The van der Waals surface area contributed by atoms with Gasteiger partial charge in [0, 0.05) is 49.7 Å². The van der Waals surface area contributed by atoms with Crippen LogP contribution in [0.3, 0.4) is 0 Å². The molecular formula is C26H32ClN5O4. The third-order valence-electron chi connectivity index (χ3n) is 6.72. The minimum Gasteiger partial charge on any atom is -0.385 e. The summed E-state index contributed by atoms with van der Waals surface area (Å²) >= 11 is 6.03. The fraction of sp³-hybridized carbons (Fsp3) is 0.423. The van der Waals surface area contributed by atoms with Crippen molar-refractivity contribution >= 4 is 40.8 Å². The van der Waals surface area contributed by atoms with Crippen molar-refractivity contribution in [3.63, 3.8) is 0 Å². The second kappa shape index (κ2) is 11.6. The number of hydrogen-bond acceptors (Lipinski definition) is 5. The number of likely N-dealkylation sites (tertiary alicyclic amines) is 1. The average Bonchev–Trinajstić information content (AvgIpc) is 3.13. The SMILES string of the molecule is COCCCNC(=O)CN1CN(c2ccccc2)C2(CCN(C(=O)Nc3cccc(Cl)c3)CC2)C1=O. The quantitative estimate of drug-likeness (QED) is 0.529. The van der Waals surface area contributed by atoms with Gasteiger partial charge in [-0.15, -0.1) is 0 Å². The van der Waals surface area contributed by atoms with E-state index < -0.39 is 5.54 Å². The van der Waals surface area contributed by atoms with Gasteiger partial charge in [-0.3, -0.25) is 9.59 Å². The number of para-hydroxylation sites is 1. The third kappa shape index (κ3) is 5.74. The molecule has 0 radical (unpaired) electrons. The van der Waals surface area contributed by atoms with Crippen LogP contribution in [0.2, 0.25) is 5.02 Å². The number of nitrogens with zero attached hydrogens (tertiary/aromatic N) is 3. The fourth-order valence-corrected chi connectivity index (χ4v) is 5.03. The molecule has 0 aromatic heterocycles. The lowest BCUT2D eigenvalue weighted by Gasteiger charge is -2.43. The summed E-state index contributed by atoms with van der Waals surface area (Å²) in [5.74, 6) is -0.267. The number of anilines is 2. The monoisotopic (exact) mass is 513 g/mol. The van der Waals surface area contributed by atoms with Crippen LogP contribution in [0.15, 0.2) is 54.6 Å². The summed E-state index contributed by atoms with van der Waals surface area (Å²) < 4.78 is 5.02. The number of hydrogen-bond donors (Lipinski definition) is 2. The summed E-state index contributed by atoms with van der Waals surface area (Å²) in [7, 11) is 1.62. The van der Waals surface area contributed by atoms with Crippen molar-refractivity contribution in [2.24, 2.45) is 0 Å². The number of halogens is 1. The van der Waals surface area contributed by atoms with Crippen molar-refractivity contribution in [3.05, 3.63) is 59.6 Å². The maximum absolute atomic E-state index is 13.7. The van der Waals surface area contributed by atoms with E-state index in [0.29, 0.717) is 62.9 Å². The number of carbonyl (C=O) groups excluding carboxylic acids is 3. The van der Waals surface area contributed by atoms with Gasteiger partial charge >= 0.3 is 6.03 Å². The van der Waals surface area contributed by atoms with Crippen LogP contribution < -0.4 is 15.5 Å². The third-order valence-corrected chi connectivity index (χ3v) is 6.95. The predicted octanol–water partition coefficient (Wildman–Crippen LogP) is 3.17. The van der Waals surface area contributed by atoms with E-state index in [1.807, 2.05) is 30.3 Å². The van der Waals surface area contributed by atoms with Crippen LogP contribution >= 0.6 is 11.6 Å². The van der Waals surface area contributed by atoms with Crippen molar-refractivity contribution in [2.75, 3.05) is 56.8 Å². The van der Waals surface area contributed by atoms with Crippen molar-refractivity contribution < 1.29 is 19.1 Å². The lowest BCUT2D eigenvalue weighted by atomic mass is 9.85. The minimum atomic E-state index is -0.801. The maximum atomic E-state index is 13.7. The minimum absolute atomic E-state index is 0.00410. The lowest BCUT2D eigenvalue weighted by molar-refractivity contribution is -0.137. The Morgan fingerprint density at radius 3 is 2.53 bits per heavy atom. The molecule has 36 heavy (non-hydrogen) atoms. The number of methoxy groups -OCH3 is 1. The van der Waals surface area contributed by atoms with E-state index in [1.165, 1.54) is 0 Å². The number of urea groups is 1. The number of piperidine rings is 1. The molecule has 1 spiro atoms. The van der Waals surface area contributed by atoms with Gasteiger partial charge in [0.05, 0.1) is 6.67 Å². The van der Waals surface area contributed by atoms with E-state index in [-0.39, 0.29) is 24.4 Å². The van der Waals surface area contributed by atoms with Crippen molar-refractivity contribution in [1.29, 1.82) is 0 Å². The molecule has 2 saturated heterocycles. The molecule has 2 N–H and O–H groups in total. The number of benzene rings is 2. The highest BCUT2D eigenvalue weighted by molar-refractivity contribution is 6.30. The van der Waals surface area contributed by atoms with E-state index >= 15 is 0 Å². The zero-order chi connectivity index (χ0) is 25.5. The zero-order valence-electron chi connectivity index (χ0n) is 20.4. The largest absolute Gasteiger partial charge is 0.385 e. The number of rotatable bonds is 8. The molecule has 10 heteroatoms. The van der Waals surface area contributed by atoms with Gasteiger partial charge in [0.15, 0.2) is 0 Å². The highest BCUT2D eigenvalue weighted by atomic mass is 35.5. The van der Waals surface area contributed by atoms with E-state index in [4.69, 9.17) is 16.3 Å². The molecule has 4 rings (SSSR count). The molecule has 9 nitrogen and oxygen atoms in total. The fourth-order valence-electron chi connectivity index (χ4n) is 4.84. The lowest BCUT2D eigenvalue weighted by Crippen LogP contribution is -2.58. The van der Waals surface area contributed by atoms with Gasteiger partial charge in [0.1, 0.15) is 12.1 Å². The molecule has 0 bridgehead atoms. The van der Waals surface area contributed by atoms with E-state index in [1.54, 1.807) is 41.2 Å². The number of nitrogens with one attached hydrogen (secondary N) is 2. The van der Waals surface area contributed by atoms with Gasteiger partial charge in [-0.1, -0.05) is 35.9 Å². The molecule has 2 aliphatic rings. The Kier molecular flexibility index (Phi) is 8.32. The van der Waals surface area contributed by atoms with Crippen molar-refractivity contribution in [2.45, 2.75) is 24.8 Å². The zero-order valence-corrected chi connectivity index (χ0v) is 21.2. The Balaban J connectivity index is 1.45. The molecule has 0 aliphatic carbocycles. The molecular weight excluding hydrogens is 482 g/mol. The van der Waals surface area contributed by atoms with Gasteiger partial charge in [-0.25, -0.2) is 4.79 Å². The number of ether oxygens (including phenoxy) is 1. The van der Waals surface area contributed by atoms with E-state index in [9.17, 15) is 14.4 Å². The number of amides is 4. The highest BCUT2D eigenvalue weighted by Gasteiger charge is 2.54. The van der Waals surface area contributed by atoms with E-state index in [2.05, 4.69) is 15.5 Å². The number of carbonyl (C=O) groups is 3. The highest BCUT2D eigenvalue weighted by Crippen LogP contribution is 2.39. The Morgan fingerprint density at radius 2 is 1.83 bits per heavy atom. The Labute approximate surface area is 216 Å². The Morgan fingerprint density at radius 1 is 1.08 bits per heavy atom. The maximum Gasteiger partial charge on any atom is 0.321 e. The van der Waals surface area contributed by atoms with Crippen molar-refractivity contribution in [3.8, 4) is 0 Å². The van der Waals surface area contributed by atoms with Crippen LogP contribution in [0.1, 0.15) is 19.3 Å². The molecule has 2 aromatic rings. The van der Waals surface area contributed by atoms with Crippen LogP contribution in [0.25, 0.3) is 0 Å². The Bertz CT molecular complexity index is 1080. The predicted molar refractivity (Wildman–Crippen MR) is 139 cm³/mol. The molecule has 2 aromatic carbocycles. The molecule has 0 unspecified atom stereocenters. The van der Waals surface area contributed by atoms with E-state index in [0.717, 1.165) is 5.69 Å². The normalized spacial score (nSPS) is 16.9. The second-order valence-corrected chi connectivity index (χ2v) is 9.50. The molecule has 4 amide bonds. The molecule has 0 atom stereocenters. The van der Waals surface area contributed by atoms with Crippen LogP contribution in [0.5, 0.6) is 0 Å². The molecule has 0 saturated carbocycles. The van der Waals surface area contributed by atoms with Crippen LogP contribution in [0, 0.1) is 0 Å². The van der Waals surface area contributed by atoms with Crippen LogP contribution in [-0.2, 0) is 14.3 Å². The summed E-state index contributed by atoms with van der Waals surface area (Å²) in [6, 6.07) is 16.5. The Hall–Kier alpha value is -3.30. The molecule has 2 aliphatic heterocycles. The van der Waals surface area contributed by atoms with Gasteiger partial charge < -0.3 is 30.1 Å². The standard InChI is InChI=1S/C26H32ClN5O4/c1-36-16-6-13-28-23(33)18-31-19-32(22-9-3-2-4-10-22)26(24(31)34)11-14-30(15-12-26)25(35)29-21-8-5-7-20(27)17-21/h2-5,7-10,17H,6,11-16,18-19H2,1H3,(H,28,33)(H,29,35). The second-order valence-electron chi connectivity index (χ2n) is 9.06. The van der Waals surface area contributed by atoms with Gasteiger partial charge in [-0.2, -0.15) is 0 Å². The smallest absolute Gasteiger partial charge is 0.321 e. The average molecular weight is 514 g/mol.